The summed E-state index contributed by atoms with van der Waals surface area (Å²) in [7, 11) is 0. The number of amides is 1. The van der Waals surface area contributed by atoms with Crippen LogP contribution in [0, 0.1) is 0 Å². The molecule has 1 amide bonds. The molecule has 0 atom stereocenters. The number of rotatable bonds is 7. The summed E-state index contributed by atoms with van der Waals surface area (Å²) < 4.78 is 17.5. The van der Waals surface area contributed by atoms with Crippen LogP contribution in [0.2, 0.25) is 0 Å². The number of carbonyl (C=O) groups excluding carboxylic acids is 2. The standard InChI is InChI=1S/C23H21N3O5/c27-22(24-12-15-6-9-20-21(10-15)31-14-30-20)13-29-23(28)19-11-18(16-7-8-16)25-26(19)17-4-2-1-3-5-17/h1-6,9-11,16H,7-8,12-14H2,(H,24,27). The molecule has 5 rings (SSSR count). The Hall–Kier alpha value is -3.81. The molecule has 0 spiro atoms. The Bertz CT molecular complexity index is 1120. The molecule has 0 saturated heterocycles. The van der Waals surface area contributed by atoms with Crippen molar-refractivity contribution in [2.24, 2.45) is 0 Å². The minimum Gasteiger partial charge on any atom is -0.454 e. The van der Waals surface area contributed by atoms with Gasteiger partial charge in [-0.15, -0.1) is 0 Å². The van der Waals surface area contributed by atoms with E-state index in [0.717, 1.165) is 29.8 Å². The van der Waals surface area contributed by atoms with E-state index in [-0.39, 0.29) is 19.3 Å². The maximum Gasteiger partial charge on any atom is 0.357 e. The van der Waals surface area contributed by atoms with Gasteiger partial charge in [-0.2, -0.15) is 5.10 Å². The van der Waals surface area contributed by atoms with Crippen LogP contribution < -0.4 is 14.8 Å². The molecule has 3 aromatic rings. The van der Waals surface area contributed by atoms with Crippen molar-refractivity contribution in [1.82, 2.24) is 15.1 Å². The molecule has 1 fully saturated rings. The highest BCUT2D eigenvalue weighted by molar-refractivity contribution is 5.90. The second kappa shape index (κ2) is 8.14. The number of hydrogen-bond donors (Lipinski definition) is 1. The van der Waals surface area contributed by atoms with E-state index in [2.05, 4.69) is 10.4 Å². The molecule has 0 radical (unpaired) electrons. The average molecular weight is 419 g/mol. The number of nitrogens with one attached hydrogen (secondary N) is 1. The number of esters is 1. The molecule has 31 heavy (non-hydrogen) atoms. The van der Waals surface area contributed by atoms with E-state index in [1.807, 2.05) is 42.5 Å². The van der Waals surface area contributed by atoms with E-state index in [1.54, 1.807) is 16.8 Å². The first kappa shape index (κ1) is 19.2. The zero-order valence-electron chi connectivity index (χ0n) is 16.7. The van der Waals surface area contributed by atoms with Gasteiger partial charge in [0.25, 0.3) is 5.91 Å². The molecular formula is C23H21N3O5. The highest BCUT2D eigenvalue weighted by atomic mass is 16.7. The number of fused-ring (bicyclic) bond motifs is 1. The number of carbonyl (C=O) groups is 2. The molecule has 1 saturated carbocycles. The highest BCUT2D eigenvalue weighted by Crippen LogP contribution is 2.39. The van der Waals surface area contributed by atoms with E-state index in [1.165, 1.54) is 0 Å². The average Bonchev–Trinajstić information content (AvgIpc) is 3.38. The Morgan fingerprint density at radius 1 is 1.06 bits per heavy atom. The Morgan fingerprint density at radius 2 is 1.87 bits per heavy atom. The number of para-hydroxylation sites is 1. The van der Waals surface area contributed by atoms with Crippen LogP contribution in [0.5, 0.6) is 11.5 Å². The van der Waals surface area contributed by atoms with Gasteiger partial charge in [-0.05, 0) is 48.7 Å². The zero-order chi connectivity index (χ0) is 21.2. The summed E-state index contributed by atoms with van der Waals surface area (Å²) in [6.07, 6.45) is 2.14. The molecule has 2 aromatic carbocycles. The molecule has 1 N–H and O–H groups in total. The van der Waals surface area contributed by atoms with Crippen LogP contribution in [0.3, 0.4) is 0 Å². The molecule has 8 heteroatoms. The fraction of sp³-hybridized carbons (Fsp3) is 0.261. The third-order valence-corrected chi connectivity index (χ3v) is 5.19. The Kier molecular flexibility index (Phi) is 5.03. The van der Waals surface area contributed by atoms with Crippen molar-refractivity contribution in [3.63, 3.8) is 0 Å². The molecule has 0 unspecified atom stereocenters. The quantitative estimate of drug-likeness (QED) is 0.592. The fourth-order valence-corrected chi connectivity index (χ4v) is 3.40. The lowest BCUT2D eigenvalue weighted by atomic mass is 10.2. The van der Waals surface area contributed by atoms with Gasteiger partial charge in [0.2, 0.25) is 6.79 Å². The smallest absolute Gasteiger partial charge is 0.357 e. The van der Waals surface area contributed by atoms with E-state index in [9.17, 15) is 9.59 Å². The summed E-state index contributed by atoms with van der Waals surface area (Å²) in [6.45, 7) is 0.117. The number of benzene rings is 2. The van der Waals surface area contributed by atoms with Crippen molar-refractivity contribution in [2.45, 2.75) is 25.3 Å². The molecule has 1 aliphatic heterocycles. The van der Waals surface area contributed by atoms with Gasteiger partial charge in [0.05, 0.1) is 11.4 Å². The predicted molar refractivity (Wildman–Crippen MR) is 110 cm³/mol. The van der Waals surface area contributed by atoms with Crippen LogP contribution >= 0.6 is 0 Å². The lowest BCUT2D eigenvalue weighted by molar-refractivity contribution is -0.124. The first-order chi connectivity index (χ1) is 15.2. The van der Waals surface area contributed by atoms with Crippen molar-refractivity contribution >= 4 is 11.9 Å². The minimum absolute atomic E-state index is 0.198. The number of nitrogens with zero attached hydrogens (tertiary/aromatic N) is 2. The van der Waals surface area contributed by atoms with Crippen LogP contribution in [0.25, 0.3) is 5.69 Å². The second-order valence-corrected chi connectivity index (χ2v) is 7.52. The van der Waals surface area contributed by atoms with E-state index in [4.69, 9.17) is 14.2 Å². The van der Waals surface area contributed by atoms with Gasteiger partial charge < -0.3 is 19.5 Å². The van der Waals surface area contributed by atoms with Gasteiger partial charge in [-0.3, -0.25) is 4.79 Å². The molecule has 0 bridgehead atoms. The first-order valence-electron chi connectivity index (χ1n) is 10.1. The van der Waals surface area contributed by atoms with Gasteiger partial charge in [-0.25, -0.2) is 9.48 Å². The normalized spacial score (nSPS) is 14.3. The lowest BCUT2D eigenvalue weighted by Crippen LogP contribution is -2.28. The van der Waals surface area contributed by atoms with Crippen molar-refractivity contribution in [3.8, 4) is 17.2 Å². The summed E-state index contributed by atoms with van der Waals surface area (Å²) >= 11 is 0. The maximum absolute atomic E-state index is 12.7. The van der Waals surface area contributed by atoms with Gasteiger partial charge >= 0.3 is 5.97 Å². The van der Waals surface area contributed by atoms with Crippen LogP contribution in [0.15, 0.2) is 54.6 Å². The Morgan fingerprint density at radius 3 is 2.68 bits per heavy atom. The van der Waals surface area contributed by atoms with Gasteiger partial charge in [0.1, 0.15) is 0 Å². The van der Waals surface area contributed by atoms with Crippen molar-refractivity contribution in [3.05, 3.63) is 71.5 Å². The maximum atomic E-state index is 12.7. The lowest BCUT2D eigenvalue weighted by Gasteiger charge is -2.09. The highest BCUT2D eigenvalue weighted by Gasteiger charge is 2.29. The SMILES string of the molecule is O=C(COC(=O)c1cc(C2CC2)nn1-c1ccccc1)NCc1ccc2c(c1)OCO2. The van der Waals surface area contributed by atoms with Crippen LogP contribution in [-0.2, 0) is 16.1 Å². The third kappa shape index (κ3) is 4.23. The molecule has 2 heterocycles. The van der Waals surface area contributed by atoms with Crippen molar-refractivity contribution < 1.29 is 23.8 Å². The van der Waals surface area contributed by atoms with E-state index < -0.39 is 5.97 Å². The number of hydrogen-bond acceptors (Lipinski definition) is 6. The molecule has 1 aliphatic carbocycles. The third-order valence-electron chi connectivity index (χ3n) is 5.19. The van der Waals surface area contributed by atoms with Gasteiger partial charge in [-0.1, -0.05) is 24.3 Å². The zero-order valence-corrected chi connectivity index (χ0v) is 16.7. The monoisotopic (exact) mass is 419 g/mol. The number of ether oxygens (including phenoxy) is 3. The summed E-state index contributed by atoms with van der Waals surface area (Å²) in [4.78, 5) is 24.9. The second-order valence-electron chi connectivity index (χ2n) is 7.52. The predicted octanol–water partition coefficient (Wildman–Crippen LogP) is 2.95. The Balaban J connectivity index is 1.21. The van der Waals surface area contributed by atoms with Gasteiger partial charge in [0, 0.05) is 12.5 Å². The molecule has 1 aromatic heterocycles. The Labute approximate surface area is 178 Å². The number of aromatic nitrogens is 2. The molecule has 8 nitrogen and oxygen atoms in total. The molecule has 2 aliphatic rings. The summed E-state index contributed by atoms with van der Waals surface area (Å²) in [5, 5.41) is 7.33. The first-order valence-corrected chi connectivity index (χ1v) is 10.1. The van der Waals surface area contributed by atoms with Crippen LogP contribution in [0.1, 0.15) is 40.5 Å². The van der Waals surface area contributed by atoms with Gasteiger partial charge in [0.15, 0.2) is 23.8 Å². The molecule has 158 valence electrons. The fourth-order valence-electron chi connectivity index (χ4n) is 3.40. The molecular weight excluding hydrogens is 398 g/mol. The van der Waals surface area contributed by atoms with Crippen molar-refractivity contribution in [1.29, 1.82) is 0 Å². The van der Waals surface area contributed by atoms with E-state index in [0.29, 0.717) is 29.7 Å². The summed E-state index contributed by atoms with van der Waals surface area (Å²) in [5.74, 6) is 0.755. The van der Waals surface area contributed by atoms with E-state index >= 15 is 0 Å². The topological polar surface area (TPSA) is 91.7 Å². The summed E-state index contributed by atoms with van der Waals surface area (Å²) in [6, 6.07) is 16.6. The van der Waals surface area contributed by atoms with Crippen molar-refractivity contribution in [2.75, 3.05) is 13.4 Å². The minimum atomic E-state index is -0.582. The largest absolute Gasteiger partial charge is 0.454 e. The summed E-state index contributed by atoms with van der Waals surface area (Å²) in [5.41, 5.74) is 2.83. The van der Waals surface area contributed by atoms with Crippen LogP contribution in [0.4, 0.5) is 0 Å². The van der Waals surface area contributed by atoms with Crippen LogP contribution in [-0.4, -0.2) is 35.1 Å².